The SMILES string of the molecule is CC/C=C\C/C=C\C/C=C\C/C=C\C/C=C\C/C=C\CCCCCCCCCCCCCCCCCCCCCCCCC(=O)OC(COC(=O)CCCCCCCCCCCCCCCCCCCCCCCCCCCCCCCCCCCCCCCCC)COP(=O)([O-])OCC[N+](C)(C)C. The lowest BCUT2D eigenvalue weighted by Gasteiger charge is -2.28. The van der Waals surface area contributed by atoms with E-state index in [-0.39, 0.29) is 32.0 Å². The van der Waals surface area contributed by atoms with E-state index in [1.165, 1.54) is 360 Å². The number of esters is 2. The van der Waals surface area contributed by atoms with Gasteiger partial charge in [-0.05, 0) is 64.2 Å². The summed E-state index contributed by atoms with van der Waals surface area (Å²) >= 11 is 0. The molecule has 0 N–H and O–H groups in total. The Bertz CT molecular complexity index is 1990. The van der Waals surface area contributed by atoms with Gasteiger partial charge in [-0.15, -0.1) is 0 Å². The van der Waals surface area contributed by atoms with Gasteiger partial charge < -0.3 is 27.9 Å². The first-order valence-electron chi connectivity index (χ1n) is 45.6. The first kappa shape index (κ1) is 101. The molecule has 2 unspecified atom stereocenters. The molecule has 10 heteroatoms. The van der Waals surface area contributed by atoms with Crippen molar-refractivity contribution in [3.8, 4) is 0 Å². The minimum Gasteiger partial charge on any atom is -0.756 e. The lowest BCUT2D eigenvalue weighted by atomic mass is 10.0. The molecular formula is C94H176NO8P. The molecule has 0 aliphatic heterocycles. The van der Waals surface area contributed by atoms with Gasteiger partial charge in [-0.3, -0.25) is 14.2 Å². The van der Waals surface area contributed by atoms with E-state index in [0.29, 0.717) is 17.4 Å². The molecule has 0 heterocycles. The zero-order chi connectivity index (χ0) is 75.4. The molecule has 2 atom stereocenters. The number of nitrogens with zero attached hydrogens (tertiary/aromatic N) is 1. The molecular weight excluding hydrogens is 1300 g/mol. The van der Waals surface area contributed by atoms with Crippen LogP contribution in [0.25, 0.3) is 0 Å². The van der Waals surface area contributed by atoms with Crippen molar-refractivity contribution in [1.82, 2.24) is 0 Å². The molecule has 0 aliphatic carbocycles. The van der Waals surface area contributed by atoms with E-state index < -0.39 is 26.5 Å². The van der Waals surface area contributed by atoms with Crippen LogP contribution in [0.3, 0.4) is 0 Å². The van der Waals surface area contributed by atoms with E-state index in [4.69, 9.17) is 18.5 Å². The van der Waals surface area contributed by atoms with Crippen LogP contribution in [0.15, 0.2) is 72.9 Å². The lowest BCUT2D eigenvalue weighted by Crippen LogP contribution is -2.37. The quantitative estimate of drug-likeness (QED) is 0.0195. The number of carbonyl (C=O) groups is 2. The monoisotopic (exact) mass is 1480 g/mol. The molecule has 0 aromatic heterocycles. The highest BCUT2D eigenvalue weighted by atomic mass is 31.2. The van der Waals surface area contributed by atoms with Gasteiger partial charge in [-0.25, -0.2) is 0 Å². The van der Waals surface area contributed by atoms with Gasteiger partial charge in [0.15, 0.2) is 6.10 Å². The molecule has 0 aliphatic rings. The first-order valence-corrected chi connectivity index (χ1v) is 47.1. The number of quaternary nitrogens is 1. The van der Waals surface area contributed by atoms with Gasteiger partial charge in [0.1, 0.15) is 19.8 Å². The molecule has 9 nitrogen and oxygen atoms in total. The lowest BCUT2D eigenvalue weighted by molar-refractivity contribution is -0.870. The van der Waals surface area contributed by atoms with Crippen LogP contribution >= 0.6 is 7.82 Å². The molecule has 0 spiro atoms. The van der Waals surface area contributed by atoms with Gasteiger partial charge in [0.25, 0.3) is 7.82 Å². The number of carbonyl (C=O) groups excluding carboxylic acids is 2. The molecule has 0 saturated heterocycles. The van der Waals surface area contributed by atoms with Gasteiger partial charge in [0.05, 0.1) is 27.7 Å². The van der Waals surface area contributed by atoms with Crippen molar-refractivity contribution >= 4 is 19.8 Å². The van der Waals surface area contributed by atoms with Gasteiger partial charge in [0.2, 0.25) is 0 Å². The van der Waals surface area contributed by atoms with E-state index in [1.54, 1.807) is 0 Å². The Balaban J connectivity index is 3.84. The van der Waals surface area contributed by atoms with Gasteiger partial charge in [-0.2, -0.15) is 0 Å². The second-order valence-corrected chi connectivity index (χ2v) is 33.7. The van der Waals surface area contributed by atoms with Crippen molar-refractivity contribution in [2.75, 3.05) is 47.5 Å². The average Bonchev–Trinajstić information content (AvgIpc) is 0.920. The number of likely N-dealkylation sites (N-methyl/N-ethyl adjacent to an activating group) is 1. The number of unbranched alkanes of at least 4 members (excludes halogenated alkanes) is 60. The minimum absolute atomic E-state index is 0.0282. The summed E-state index contributed by atoms with van der Waals surface area (Å²) in [6.45, 7) is 4.21. The highest BCUT2D eigenvalue weighted by Gasteiger charge is 2.22. The van der Waals surface area contributed by atoms with Crippen LogP contribution in [-0.2, 0) is 32.7 Å². The fourth-order valence-corrected chi connectivity index (χ4v) is 14.6. The molecule has 0 aromatic carbocycles. The van der Waals surface area contributed by atoms with Crippen molar-refractivity contribution in [3.05, 3.63) is 72.9 Å². The average molecular weight is 1480 g/mol. The van der Waals surface area contributed by atoms with Crippen LogP contribution in [0, 0.1) is 0 Å². The smallest absolute Gasteiger partial charge is 0.306 e. The molecule has 0 fully saturated rings. The Morgan fingerprint density at radius 3 is 0.817 bits per heavy atom. The molecule has 0 amide bonds. The predicted molar refractivity (Wildman–Crippen MR) is 453 cm³/mol. The highest BCUT2D eigenvalue weighted by Crippen LogP contribution is 2.38. The van der Waals surface area contributed by atoms with Crippen LogP contribution in [0.2, 0.25) is 0 Å². The summed E-state index contributed by atoms with van der Waals surface area (Å²) in [7, 11) is 1.19. The summed E-state index contributed by atoms with van der Waals surface area (Å²) in [4.78, 5) is 38.3. The summed E-state index contributed by atoms with van der Waals surface area (Å²) in [5, 5.41) is 0. The number of phosphoric ester groups is 1. The Kier molecular flexibility index (Phi) is 82.4. The van der Waals surface area contributed by atoms with Crippen LogP contribution in [-0.4, -0.2) is 70.0 Å². The third kappa shape index (κ3) is 88.4. The van der Waals surface area contributed by atoms with Crippen LogP contribution in [0.5, 0.6) is 0 Å². The third-order valence-electron chi connectivity index (χ3n) is 20.7. The largest absolute Gasteiger partial charge is 0.756 e. The third-order valence-corrected chi connectivity index (χ3v) is 21.7. The van der Waals surface area contributed by atoms with Gasteiger partial charge in [0, 0.05) is 12.8 Å². The molecule has 610 valence electrons. The Hall–Kier alpha value is -2.55. The summed E-state index contributed by atoms with van der Waals surface area (Å²) in [6.07, 6.45) is 117. The van der Waals surface area contributed by atoms with Crippen molar-refractivity contribution in [2.45, 2.75) is 469 Å². The number of hydrogen-bond acceptors (Lipinski definition) is 8. The fraction of sp³-hybridized carbons (Fsp3) is 0.851. The summed E-state index contributed by atoms with van der Waals surface area (Å²) in [5.41, 5.74) is 0. The number of phosphoric acid groups is 1. The van der Waals surface area contributed by atoms with Gasteiger partial charge >= 0.3 is 11.9 Å². The zero-order valence-corrected chi connectivity index (χ0v) is 70.9. The van der Waals surface area contributed by atoms with Crippen molar-refractivity contribution in [1.29, 1.82) is 0 Å². The maximum atomic E-state index is 12.9. The molecule has 104 heavy (non-hydrogen) atoms. The van der Waals surface area contributed by atoms with Crippen molar-refractivity contribution in [2.24, 2.45) is 0 Å². The van der Waals surface area contributed by atoms with Crippen molar-refractivity contribution in [3.63, 3.8) is 0 Å². The normalized spacial score (nSPS) is 13.2. The van der Waals surface area contributed by atoms with Crippen molar-refractivity contribution < 1.29 is 42.1 Å². The maximum absolute atomic E-state index is 12.9. The number of allylic oxidation sites excluding steroid dienone is 12. The number of hydrogen-bond donors (Lipinski definition) is 0. The topological polar surface area (TPSA) is 111 Å². The van der Waals surface area contributed by atoms with Crippen LogP contribution < -0.4 is 4.89 Å². The molecule has 0 saturated carbocycles. The number of ether oxygens (including phenoxy) is 2. The first-order chi connectivity index (χ1) is 51.0. The second-order valence-electron chi connectivity index (χ2n) is 32.3. The molecule has 0 bridgehead atoms. The van der Waals surface area contributed by atoms with E-state index in [2.05, 4.69) is 86.8 Å². The standard InChI is InChI=1S/C94H176NO8P/c1-6-8-10-12-14-16-18-20-22-24-26-28-30-32-34-36-38-40-42-44-46-47-49-51-53-55-57-59-61-63-65-67-69-71-73-75-77-79-81-83-85-87-94(97)103-92(91-102-104(98,99)101-89-88-95(3,4)5)90-100-93(96)86-84-82-80-78-76-74-72-70-68-66-64-62-60-58-56-54-52-50-48-45-43-41-39-37-35-33-31-29-27-25-23-21-19-17-15-13-11-9-7-2/h8,10,14,16,20,22,26,28,32,34,38,40,92H,6-7,9,11-13,15,17-19,21,23-25,27,29-31,33,35-37,39,41-91H2,1-5H3/b10-8-,16-14-,22-20-,28-26-,34-32-,40-38-. The van der Waals surface area contributed by atoms with Gasteiger partial charge in [-0.1, -0.05) is 459 Å². The van der Waals surface area contributed by atoms with E-state index in [0.717, 1.165) is 70.6 Å². The fourth-order valence-electron chi connectivity index (χ4n) is 13.8. The maximum Gasteiger partial charge on any atom is 0.306 e. The van der Waals surface area contributed by atoms with E-state index in [1.807, 2.05) is 21.1 Å². The molecule has 0 rings (SSSR count). The zero-order valence-electron chi connectivity index (χ0n) is 70.0. The Labute approximate surface area is 648 Å². The highest BCUT2D eigenvalue weighted by molar-refractivity contribution is 7.45. The summed E-state index contributed by atoms with van der Waals surface area (Å²) < 4.78 is 34.5. The summed E-state index contributed by atoms with van der Waals surface area (Å²) in [5.74, 6) is -0.807. The second kappa shape index (κ2) is 84.5. The minimum atomic E-state index is -4.65. The van der Waals surface area contributed by atoms with E-state index >= 15 is 0 Å². The predicted octanol–water partition coefficient (Wildman–Crippen LogP) is 30.3. The number of rotatable bonds is 86. The van der Waals surface area contributed by atoms with Crippen LogP contribution in [0.4, 0.5) is 0 Å². The molecule has 0 radical (unpaired) electrons. The van der Waals surface area contributed by atoms with E-state index in [9.17, 15) is 19.0 Å². The van der Waals surface area contributed by atoms with Crippen LogP contribution in [0.1, 0.15) is 463 Å². The Morgan fingerprint density at radius 1 is 0.308 bits per heavy atom. The summed E-state index contributed by atoms with van der Waals surface area (Å²) in [6, 6.07) is 0. The molecule has 0 aromatic rings. The Morgan fingerprint density at radius 2 is 0.548 bits per heavy atom.